The molecule has 3 heteroatoms. The third-order valence-electron chi connectivity index (χ3n) is 2.81. The molecule has 1 aliphatic heterocycles. The molecule has 0 aromatic heterocycles. The second-order valence-corrected chi connectivity index (χ2v) is 6.61. The van der Waals surface area contributed by atoms with Crippen molar-refractivity contribution in [3.63, 3.8) is 0 Å². The van der Waals surface area contributed by atoms with Crippen LogP contribution < -0.4 is 5.32 Å². The fraction of sp³-hybridized carbons (Fsp3) is 1.00. The van der Waals surface area contributed by atoms with Gasteiger partial charge in [-0.2, -0.15) is 11.8 Å². The van der Waals surface area contributed by atoms with Crippen LogP contribution in [0.3, 0.4) is 0 Å². The number of hydrogen-bond donors (Lipinski definition) is 2. The van der Waals surface area contributed by atoms with Gasteiger partial charge in [0.05, 0.1) is 5.60 Å². The van der Waals surface area contributed by atoms with E-state index in [-0.39, 0.29) is 0 Å². The summed E-state index contributed by atoms with van der Waals surface area (Å²) in [4.78, 5) is 0. The van der Waals surface area contributed by atoms with E-state index in [4.69, 9.17) is 0 Å². The molecule has 15 heavy (non-hydrogen) atoms. The van der Waals surface area contributed by atoms with Gasteiger partial charge in [-0.15, -0.1) is 0 Å². The predicted molar refractivity (Wildman–Crippen MR) is 68.4 cm³/mol. The molecule has 0 aliphatic carbocycles. The molecular weight excluding hydrogens is 206 g/mol. The molecule has 1 heterocycles. The van der Waals surface area contributed by atoms with Crippen molar-refractivity contribution in [3.8, 4) is 0 Å². The van der Waals surface area contributed by atoms with Crippen LogP contribution in [0.4, 0.5) is 0 Å². The predicted octanol–water partition coefficient (Wildman–Crippen LogP) is 2.13. The summed E-state index contributed by atoms with van der Waals surface area (Å²) in [5, 5.41) is 13.5. The Hall–Kier alpha value is 0.270. The van der Waals surface area contributed by atoms with E-state index < -0.39 is 5.60 Å². The van der Waals surface area contributed by atoms with Crippen LogP contribution in [0.25, 0.3) is 0 Å². The van der Waals surface area contributed by atoms with Crippen LogP contribution in [0.15, 0.2) is 0 Å². The molecule has 0 spiro atoms. The van der Waals surface area contributed by atoms with Crippen LogP contribution >= 0.6 is 11.8 Å². The summed E-state index contributed by atoms with van der Waals surface area (Å²) in [6.45, 7) is 8.04. The Morgan fingerprint density at radius 3 is 2.80 bits per heavy atom. The first-order valence-electron chi connectivity index (χ1n) is 6.00. The smallest absolute Gasteiger partial charge is 0.0746 e. The summed E-state index contributed by atoms with van der Waals surface area (Å²) in [7, 11) is 0. The molecule has 1 rings (SSSR count). The standard InChI is InChI=1S/C12H25NOS/c1-10(2)6-12(3,14)9-13-7-11-4-5-15-8-11/h10-11,13-14H,4-9H2,1-3H3. The zero-order chi connectivity index (χ0) is 11.3. The Morgan fingerprint density at radius 1 is 1.53 bits per heavy atom. The van der Waals surface area contributed by atoms with Crippen LogP contribution in [0.5, 0.6) is 0 Å². The zero-order valence-electron chi connectivity index (χ0n) is 10.3. The highest BCUT2D eigenvalue weighted by molar-refractivity contribution is 7.99. The fourth-order valence-corrected chi connectivity index (χ4v) is 3.53. The highest BCUT2D eigenvalue weighted by Gasteiger charge is 2.22. The summed E-state index contributed by atoms with van der Waals surface area (Å²) in [5.74, 6) is 3.99. The Bertz CT molecular complexity index is 176. The second-order valence-electron chi connectivity index (χ2n) is 5.46. The maximum atomic E-state index is 10.1. The Morgan fingerprint density at radius 2 is 2.27 bits per heavy atom. The van der Waals surface area contributed by atoms with Crippen molar-refractivity contribution in [1.29, 1.82) is 0 Å². The molecule has 0 amide bonds. The number of aliphatic hydroxyl groups is 1. The van der Waals surface area contributed by atoms with Crippen LogP contribution in [0, 0.1) is 11.8 Å². The lowest BCUT2D eigenvalue weighted by Gasteiger charge is -2.26. The Kier molecular flexibility index (Phi) is 5.44. The third-order valence-corrected chi connectivity index (χ3v) is 4.04. The van der Waals surface area contributed by atoms with Gasteiger partial charge in [0.2, 0.25) is 0 Å². The minimum Gasteiger partial charge on any atom is -0.389 e. The maximum absolute atomic E-state index is 10.1. The van der Waals surface area contributed by atoms with E-state index in [1.807, 2.05) is 18.7 Å². The maximum Gasteiger partial charge on any atom is 0.0746 e. The summed E-state index contributed by atoms with van der Waals surface area (Å²) in [6, 6.07) is 0. The number of hydrogen-bond acceptors (Lipinski definition) is 3. The number of thioether (sulfide) groups is 1. The van der Waals surface area contributed by atoms with Gasteiger partial charge in [-0.1, -0.05) is 13.8 Å². The molecule has 2 atom stereocenters. The minimum absolute atomic E-state index is 0.542. The SMILES string of the molecule is CC(C)CC(C)(O)CNCC1CCSC1. The van der Waals surface area contributed by atoms with Crippen molar-refractivity contribution < 1.29 is 5.11 Å². The summed E-state index contributed by atoms with van der Waals surface area (Å²) in [5.41, 5.74) is -0.542. The number of nitrogens with one attached hydrogen (secondary N) is 1. The minimum atomic E-state index is -0.542. The number of rotatable bonds is 6. The molecule has 0 bridgehead atoms. The Labute approximate surface area is 98.2 Å². The highest BCUT2D eigenvalue weighted by Crippen LogP contribution is 2.22. The van der Waals surface area contributed by atoms with E-state index in [2.05, 4.69) is 19.2 Å². The lowest BCUT2D eigenvalue weighted by atomic mass is 9.94. The molecule has 2 N–H and O–H groups in total. The molecular formula is C12H25NOS. The van der Waals surface area contributed by atoms with Gasteiger partial charge in [-0.3, -0.25) is 0 Å². The van der Waals surface area contributed by atoms with Crippen LogP contribution in [0.1, 0.15) is 33.6 Å². The van der Waals surface area contributed by atoms with Gasteiger partial charge in [-0.05, 0) is 49.7 Å². The van der Waals surface area contributed by atoms with E-state index >= 15 is 0 Å². The van der Waals surface area contributed by atoms with Gasteiger partial charge < -0.3 is 10.4 Å². The molecule has 1 aliphatic rings. The molecule has 1 saturated heterocycles. The van der Waals surface area contributed by atoms with Crippen molar-refractivity contribution in [2.45, 2.75) is 39.2 Å². The van der Waals surface area contributed by atoms with E-state index in [9.17, 15) is 5.11 Å². The fourth-order valence-electron chi connectivity index (χ4n) is 2.24. The van der Waals surface area contributed by atoms with Gasteiger partial charge in [-0.25, -0.2) is 0 Å². The molecule has 1 fully saturated rings. The van der Waals surface area contributed by atoms with Crippen molar-refractivity contribution in [2.24, 2.45) is 11.8 Å². The van der Waals surface area contributed by atoms with Gasteiger partial charge >= 0.3 is 0 Å². The molecule has 0 saturated carbocycles. The quantitative estimate of drug-likeness (QED) is 0.734. The molecule has 0 aromatic carbocycles. The third kappa shape index (κ3) is 5.79. The van der Waals surface area contributed by atoms with E-state index in [0.29, 0.717) is 5.92 Å². The van der Waals surface area contributed by atoms with Crippen molar-refractivity contribution in [1.82, 2.24) is 5.32 Å². The lowest BCUT2D eigenvalue weighted by molar-refractivity contribution is 0.0380. The van der Waals surface area contributed by atoms with Crippen molar-refractivity contribution in [3.05, 3.63) is 0 Å². The summed E-state index contributed by atoms with van der Waals surface area (Å²) in [6.07, 6.45) is 2.21. The second kappa shape index (κ2) is 6.12. The highest BCUT2D eigenvalue weighted by atomic mass is 32.2. The lowest BCUT2D eigenvalue weighted by Crippen LogP contribution is -2.40. The van der Waals surface area contributed by atoms with Crippen LogP contribution in [-0.2, 0) is 0 Å². The first-order valence-corrected chi connectivity index (χ1v) is 7.16. The zero-order valence-corrected chi connectivity index (χ0v) is 11.1. The van der Waals surface area contributed by atoms with Gasteiger partial charge in [0.1, 0.15) is 0 Å². The van der Waals surface area contributed by atoms with Crippen LogP contribution in [0.2, 0.25) is 0 Å². The van der Waals surface area contributed by atoms with Crippen molar-refractivity contribution >= 4 is 11.8 Å². The summed E-state index contributed by atoms with van der Waals surface area (Å²) < 4.78 is 0. The molecule has 90 valence electrons. The normalized spacial score (nSPS) is 25.8. The van der Waals surface area contributed by atoms with Crippen LogP contribution in [-0.4, -0.2) is 35.3 Å². The van der Waals surface area contributed by atoms with E-state index in [1.165, 1.54) is 17.9 Å². The van der Waals surface area contributed by atoms with Gasteiger partial charge in [0.25, 0.3) is 0 Å². The van der Waals surface area contributed by atoms with E-state index in [0.717, 1.165) is 25.4 Å². The molecule has 0 aromatic rings. The molecule has 2 nitrogen and oxygen atoms in total. The first-order chi connectivity index (χ1) is 6.99. The summed E-state index contributed by atoms with van der Waals surface area (Å²) >= 11 is 2.05. The molecule has 0 radical (unpaired) electrons. The van der Waals surface area contributed by atoms with Crippen molar-refractivity contribution in [2.75, 3.05) is 24.6 Å². The largest absolute Gasteiger partial charge is 0.389 e. The first kappa shape index (κ1) is 13.3. The van der Waals surface area contributed by atoms with E-state index in [1.54, 1.807) is 0 Å². The molecule has 2 unspecified atom stereocenters. The topological polar surface area (TPSA) is 32.3 Å². The van der Waals surface area contributed by atoms with Gasteiger partial charge in [0, 0.05) is 6.54 Å². The monoisotopic (exact) mass is 231 g/mol. The average Bonchev–Trinajstić information content (AvgIpc) is 2.53. The Balaban J connectivity index is 2.11. The average molecular weight is 231 g/mol. The van der Waals surface area contributed by atoms with Gasteiger partial charge in [0.15, 0.2) is 0 Å².